The normalized spacial score (nSPS) is 18.9. The van der Waals surface area contributed by atoms with E-state index >= 15 is 0 Å². The molecule has 0 spiro atoms. The van der Waals surface area contributed by atoms with E-state index in [1.807, 2.05) is 23.1 Å². The molecule has 110 valence electrons. The van der Waals surface area contributed by atoms with Crippen LogP contribution < -0.4 is 4.90 Å². The predicted molar refractivity (Wildman–Crippen MR) is 81.2 cm³/mol. The average Bonchev–Trinajstić information content (AvgIpc) is 2.71. The summed E-state index contributed by atoms with van der Waals surface area (Å²) in [5.41, 5.74) is 2.68. The number of fused-ring (bicyclic) bond motifs is 1. The SMILES string of the molecule is CN1N=C(C(=O)N2CCCCc3ccccc32)CCC1=O. The molecule has 2 amide bonds. The lowest BCUT2D eigenvalue weighted by Crippen LogP contribution is -2.41. The molecule has 0 aromatic heterocycles. The van der Waals surface area contributed by atoms with Crippen molar-refractivity contribution in [1.29, 1.82) is 0 Å². The topological polar surface area (TPSA) is 53.0 Å². The minimum atomic E-state index is -0.0660. The van der Waals surface area contributed by atoms with Gasteiger partial charge in [0, 0.05) is 32.1 Å². The summed E-state index contributed by atoms with van der Waals surface area (Å²) in [6.45, 7) is 0.715. The molecule has 1 aromatic carbocycles. The van der Waals surface area contributed by atoms with Gasteiger partial charge in [-0.1, -0.05) is 18.2 Å². The summed E-state index contributed by atoms with van der Waals surface area (Å²) < 4.78 is 0. The zero-order valence-electron chi connectivity index (χ0n) is 12.2. The van der Waals surface area contributed by atoms with Gasteiger partial charge in [0.15, 0.2) is 0 Å². The Balaban J connectivity index is 1.91. The molecule has 0 N–H and O–H groups in total. The summed E-state index contributed by atoms with van der Waals surface area (Å²) in [5.74, 6) is -0.105. The van der Waals surface area contributed by atoms with Crippen molar-refractivity contribution in [3.63, 3.8) is 0 Å². The number of para-hydroxylation sites is 1. The number of carbonyl (C=O) groups is 2. The van der Waals surface area contributed by atoms with Crippen LogP contribution in [0.5, 0.6) is 0 Å². The largest absolute Gasteiger partial charge is 0.307 e. The second-order valence-corrected chi connectivity index (χ2v) is 5.51. The van der Waals surface area contributed by atoms with Gasteiger partial charge in [-0.2, -0.15) is 5.10 Å². The Morgan fingerprint density at radius 2 is 1.95 bits per heavy atom. The van der Waals surface area contributed by atoms with Crippen molar-refractivity contribution in [3.8, 4) is 0 Å². The smallest absolute Gasteiger partial charge is 0.274 e. The molecule has 0 aliphatic carbocycles. The van der Waals surface area contributed by atoms with Crippen molar-refractivity contribution in [2.45, 2.75) is 32.1 Å². The molecule has 0 bridgehead atoms. The fraction of sp³-hybridized carbons (Fsp3) is 0.438. The van der Waals surface area contributed by atoms with Crippen LogP contribution in [-0.2, 0) is 16.0 Å². The monoisotopic (exact) mass is 285 g/mol. The van der Waals surface area contributed by atoms with Crippen molar-refractivity contribution < 1.29 is 9.59 Å². The van der Waals surface area contributed by atoms with Gasteiger partial charge in [0.1, 0.15) is 5.71 Å². The summed E-state index contributed by atoms with van der Waals surface area (Å²) in [7, 11) is 1.60. The molecule has 0 fully saturated rings. The third-order valence-corrected chi connectivity index (χ3v) is 4.06. The summed E-state index contributed by atoms with van der Waals surface area (Å²) >= 11 is 0. The molecule has 2 aliphatic heterocycles. The first-order valence-electron chi connectivity index (χ1n) is 7.40. The lowest BCUT2D eigenvalue weighted by molar-refractivity contribution is -0.130. The minimum absolute atomic E-state index is 0.0391. The second kappa shape index (κ2) is 5.68. The molecule has 5 nitrogen and oxygen atoms in total. The van der Waals surface area contributed by atoms with Crippen LogP contribution in [-0.4, -0.2) is 36.1 Å². The third-order valence-electron chi connectivity index (χ3n) is 4.06. The number of benzene rings is 1. The van der Waals surface area contributed by atoms with E-state index in [0.717, 1.165) is 24.9 Å². The lowest BCUT2D eigenvalue weighted by atomic mass is 10.1. The zero-order valence-corrected chi connectivity index (χ0v) is 12.2. The summed E-state index contributed by atoms with van der Waals surface area (Å²) in [5, 5.41) is 5.43. The van der Waals surface area contributed by atoms with Gasteiger partial charge >= 0.3 is 0 Å². The maximum absolute atomic E-state index is 12.8. The van der Waals surface area contributed by atoms with Crippen molar-refractivity contribution >= 4 is 23.2 Å². The Bertz CT molecular complexity index is 609. The van der Waals surface area contributed by atoms with E-state index in [4.69, 9.17) is 0 Å². The molecular formula is C16H19N3O2. The van der Waals surface area contributed by atoms with Gasteiger partial charge in [0.05, 0.1) is 0 Å². The Hall–Kier alpha value is -2.17. The first-order valence-corrected chi connectivity index (χ1v) is 7.40. The van der Waals surface area contributed by atoms with Crippen molar-refractivity contribution in [2.24, 2.45) is 5.10 Å². The van der Waals surface area contributed by atoms with Crippen molar-refractivity contribution in [2.75, 3.05) is 18.5 Å². The number of rotatable bonds is 1. The molecule has 3 rings (SSSR count). The molecule has 2 heterocycles. The van der Waals surface area contributed by atoms with Crippen LogP contribution in [0.3, 0.4) is 0 Å². The van der Waals surface area contributed by atoms with Gasteiger partial charge in [0.25, 0.3) is 5.91 Å². The van der Waals surface area contributed by atoms with Crippen LogP contribution in [0.25, 0.3) is 0 Å². The number of hydrogen-bond acceptors (Lipinski definition) is 3. The fourth-order valence-electron chi connectivity index (χ4n) is 2.88. The highest BCUT2D eigenvalue weighted by atomic mass is 16.2. The number of hydrazone groups is 1. The van der Waals surface area contributed by atoms with Gasteiger partial charge in [-0.3, -0.25) is 9.59 Å². The zero-order chi connectivity index (χ0) is 14.8. The molecule has 21 heavy (non-hydrogen) atoms. The molecule has 2 aliphatic rings. The van der Waals surface area contributed by atoms with Gasteiger partial charge in [-0.25, -0.2) is 5.01 Å². The van der Waals surface area contributed by atoms with Gasteiger partial charge in [-0.15, -0.1) is 0 Å². The number of nitrogens with zero attached hydrogens (tertiary/aromatic N) is 3. The quantitative estimate of drug-likeness (QED) is 0.792. The van der Waals surface area contributed by atoms with E-state index in [1.165, 1.54) is 10.6 Å². The predicted octanol–water partition coefficient (Wildman–Crippen LogP) is 1.96. The summed E-state index contributed by atoms with van der Waals surface area (Å²) in [6.07, 6.45) is 3.87. The maximum atomic E-state index is 12.8. The highest BCUT2D eigenvalue weighted by Gasteiger charge is 2.28. The first-order chi connectivity index (χ1) is 10.2. The number of aryl methyl sites for hydroxylation is 1. The number of anilines is 1. The van der Waals surface area contributed by atoms with E-state index in [2.05, 4.69) is 11.2 Å². The molecular weight excluding hydrogens is 266 g/mol. The highest BCUT2D eigenvalue weighted by Crippen LogP contribution is 2.27. The van der Waals surface area contributed by atoms with Gasteiger partial charge < -0.3 is 4.90 Å². The van der Waals surface area contributed by atoms with E-state index in [1.54, 1.807) is 7.05 Å². The van der Waals surface area contributed by atoms with E-state index in [0.29, 0.717) is 25.1 Å². The van der Waals surface area contributed by atoms with E-state index in [9.17, 15) is 9.59 Å². The molecule has 0 saturated carbocycles. The van der Waals surface area contributed by atoms with Crippen LogP contribution in [0.1, 0.15) is 31.2 Å². The van der Waals surface area contributed by atoms with Crippen molar-refractivity contribution in [1.82, 2.24) is 5.01 Å². The van der Waals surface area contributed by atoms with Crippen LogP contribution in [0.2, 0.25) is 0 Å². The second-order valence-electron chi connectivity index (χ2n) is 5.51. The Morgan fingerprint density at radius 3 is 2.76 bits per heavy atom. The highest BCUT2D eigenvalue weighted by molar-refractivity contribution is 6.44. The molecule has 0 unspecified atom stereocenters. The molecule has 0 atom stereocenters. The first kappa shape index (κ1) is 13.8. The average molecular weight is 285 g/mol. The molecule has 0 radical (unpaired) electrons. The summed E-state index contributed by atoms with van der Waals surface area (Å²) in [4.78, 5) is 26.1. The van der Waals surface area contributed by atoms with Crippen LogP contribution in [0, 0.1) is 0 Å². The molecule has 1 aromatic rings. The van der Waals surface area contributed by atoms with E-state index < -0.39 is 0 Å². The minimum Gasteiger partial charge on any atom is -0.307 e. The number of hydrogen-bond donors (Lipinski definition) is 0. The summed E-state index contributed by atoms with van der Waals surface area (Å²) in [6, 6.07) is 8.05. The van der Waals surface area contributed by atoms with Crippen LogP contribution in [0.4, 0.5) is 5.69 Å². The fourth-order valence-corrected chi connectivity index (χ4v) is 2.88. The lowest BCUT2D eigenvalue weighted by Gasteiger charge is -2.26. The van der Waals surface area contributed by atoms with Crippen molar-refractivity contribution in [3.05, 3.63) is 29.8 Å². The molecule has 0 saturated heterocycles. The number of amides is 2. The third kappa shape index (κ3) is 2.68. The Kier molecular flexibility index (Phi) is 3.73. The maximum Gasteiger partial charge on any atom is 0.274 e. The Morgan fingerprint density at radius 1 is 1.14 bits per heavy atom. The van der Waals surface area contributed by atoms with Crippen LogP contribution in [0.15, 0.2) is 29.4 Å². The van der Waals surface area contributed by atoms with Gasteiger partial charge in [0.2, 0.25) is 5.91 Å². The van der Waals surface area contributed by atoms with Gasteiger partial charge in [-0.05, 0) is 30.9 Å². The number of carbonyl (C=O) groups excluding carboxylic acids is 2. The standard InChI is InChI=1S/C16H19N3O2/c1-18-15(20)10-9-13(17-18)16(21)19-11-5-4-7-12-6-2-3-8-14(12)19/h2-3,6,8H,4-5,7,9-11H2,1H3. The Labute approximate surface area is 124 Å². The van der Waals surface area contributed by atoms with Crippen LogP contribution >= 0.6 is 0 Å². The molecule has 5 heteroatoms. The van der Waals surface area contributed by atoms with E-state index in [-0.39, 0.29) is 11.8 Å².